The lowest BCUT2D eigenvalue weighted by atomic mass is 10.2. The number of hydrogen-bond donors (Lipinski definition) is 2. The van der Waals surface area contributed by atoms with Gasteiger partial charge in [-0.3, -0.25) is 4.79 Å². The molecule has 5 nitrogen and oxygen atoms in total. The molecule has 0 radical (unpaired) electrons. The van der Waals surface area contributed by atoms with E-state index >= 15 is 0 Å². The highest BCUT2D eigenvalue weighted by Gasteiger charge is 2.17. The maximum Gasteiger partial charge on any atom is 0.352 e. The summed E-state index contributed by atoms with van der Waals surface area (Å²) in [5.41, 5.74) is 0.0787. The minimum atomic E-state index is -1.13. The minimum absolute atomic E-state index is 0.0637. The Morgan fingerprint density at radius 2 is 2.45 bits per heavy atom. The number of ether oxygens (including phenoxy) is 1. The van der Waals surface area contributed by atoms with Crippen molar-refractivity contribution in [2.45, 2.75) is 0 Å². The predicted octanol–water partition coefficient (Wildman–Crippen LogP) is -0.899. The second kappa shape index (κ2) is 3.16. The smallest absolute Gasteiger partial charge is 0.352 e. The fourth-order valence-corrected chi connectivity index (χ4v) is 0.776. The predicted molar refractivity (Wildman–Crippen MR) is 34.7 cm³/mol. The molecule has 0 saturated carbocycles. The number of hydrogen-bond acceptors (Lipinski definition) is 4. The molecule has 0 fully saturated rings. The van der Waals surface area contributed by atoms with Gasteiger partial charge < -0.3 is 15.2 Å². The number of carboxylic acid groups (broad SMARTS) is 1. The van der Waals surface area contributed by atoms with Gasteiger partial charge in [-0.15, -0.1) is 0 Å². The Morgan fingerprint density at radius 3 is 2.91 bits per heavy atom. The van der Waals surface area contributed by atoms with E-state index in [0.29, 0.717) is 6.29 Å². The molecule has 2 N–H and O–H groups in total. The van der Waals surface area contributed by atoms with E-state index in [1.807, 2.05) is 0 Å². The fraction of sp³-hybridized carbons (Fsp3) is 0.333. The van der Waals surface area contributed by atoms with Crippen LogP contribution in [0.25, 0.3) is 0 Å². The van der Waals surface area contributed by atoms with E-state index in [0.717, 1.165) is 0 Å². The van der Waals surface area contributed by atoms with Crippen molar-refractivity contribution in [2.75, 3.05) is 13.3 Å². The van der Waals surface area contributed by atoms with Crippen molar-refractivity contribution in [1.82, 2.24) is 5.32 Å². The molecule has 11 heavy (non-hydrogen) atoms. The van der Waals surface area contributed by atoms with Crippen LogP contribution < -0.4 is 5.32 Å². The molecule has 0 unspecified atom stereocenters. The summed E-state index contributed by atoms with van der Waals surface area (Å²) in [5, 5.41) is 11.0. The van der Waals surface area contributed by atoms with Crippen molar-refractivity contribution in [2.24, 2.45) is 0 Å². The summed E-state index contributed by atoms with van der Waals surface area (Å²) >= 11 is 0. The van der Waals surface area contributed by atoms with Crippen LogP contribution in [0.1, 0.15) is 0 Å². The van der Waals surface area contributed by atoms with E-state index in [-0.39, 0.29) is 24.6 Å². The molecule has 0 atom stereocenters. The van der Waals surface area contributed by atoms with Gasteiger partial charge in [0.2, 0.25) is 0 Å². The van der Waals surface area contributed by atoms with Crippen LogP contribution in [0.3, 0.4) is 0 Å². The third-order valence-corrected chi connectivity index (χ3v) is 1.29. The molecule has 0 aromatic heterocycles. The van der Waals surface area contributed by atoms with Gasteiger partial charge in [-0.25, -0.2) is 4.79 Å². The molecule has 1 aliphatic heterocycles. The van der Waals surface area contributed by atoms with Crippen molar-refractivity contribution in [1.29, 1.82) is 0 Å². The average Bonchev–Trinajstić information content (AvgIpc) is 2.04. The molecule has 0 saturated heterocycles. The first kappa shape index (κ1) is 7.74. The number of carbonyl (C=O) groups is 2. The van der Waals surface area contributed by atoms with Gasteiger partial charge in [-0.05, 0) is 0 Å². The Morgan fingerprint density at radius 1 is 1.73 bits per heavy atom. The van der Waals surface area contributed by atoms with Crippen LogP contribution in [-0.4, -0.2) is 30.7 Å². The number of carboxylic acids is 1. The molecule has 1 aliphatic rings. The zero-order chi connectivity index (χ0) is 8.27. The van der Waals surface area contributed by atoms with Crippen LogP contribution in [-0.2, 0) is 14.3 Å². The molecular weight excluding hydrogens is 150 g/mol. The first-order valence-electron chi connectivity index (χ1n) is 2.99. The van der Waals surface area contributed by atoms with Crippen LogP contribution in [0.5, 0.6) is 0 Å². The highest BCUT2D eigenvalue weighted by atomic mass is 16.5. The van der Waals surface area contributed by atoms with Gasteiger partial charge in [-0.1, -0.05) is 0 Å². The SMILES string of the molecule is O=CC1=C(C(=O)O)NCOC1. The minimum Gasteiger partial charge on any atom is -0.477 e. The summed E-state index contributed by atoms with van der Waals surface area (Å²) in [6.07, 6.45) is 0.482. The van der Waals surface area contributed by atoms with Gasteiger partial charge in [-0.2, -0.15) is 0 Å². The van der Waals surface area contributed by atoms with E-state index in [1.54, 1.807) is 0 Å². The van der Waals surface area contributed by atoms with E-state index in [1.165, 1.54) is 0 Å². The van der Waals surface area contributed by atoms with Gasteiger partial charge in [0.05, 0.1) is 6.61 Å². The summed E-state index contributed by atoms with van der Waals surface area (Å²) in [5.74, 6) is -1.13. The van der Waals surface area contributed by atoms with E-state index in [4.69, 9.17) is 9.84 Å². The largest absolute Gasteiger partial charge is 0.477 e. The van der Waals surface area contributed by atoms with Gasteiger partial charge in [0.1, 0.15) is 12.4 Å². The molecular formula is C6H7NO4. The number of nitrogens with one attached hydrogen (secondary N) is 1. The maximum absolute atomic E-state index is 10.4. The van der Waals surface area contributed by atoms with Crippen molar-refractivity contribution >= 4 is 12.3 Å². The standard InChI is InChI=1S/C6H7NO4/c8-1-4-2-11-3-7-5(4)6(9)10/h1,7H,2-3H2,(H,9,10). The molecule has 0 bridgehead atoms. The number of aliphatic carboxylic acids is 1. The quantitative estimate of drug-likeness (QED) is 0.508. The molecule has 0 aromatic rings. The van der Waals surface area contributed by atoms with Crippen LogP contribution in [0.2, 0.25) is 0 Å². The highest BCUT2D eigenvalue weighted by Crippen LogP contribution is 2.04. The molecule has 0 aromatic carbocycles. The normalized spacial score (nSPS) is 17.5. The van der Waals surface area contributed by atoms with Crippen LogP contribution in [0, 0.1) is 0 Å². The molecule has 0 spiro atoms. The molecule has 0 amide bonds. The molecule has 1 rings (SSSR count). The summed E-state index contributed by atoms with van der Waals surface area (Å²) in [6.45, 7) is 0.205. The van der Waals surface area contributed by atoms with Crippen molar-refractivity contribution < 1.29 is 19.4 Å². The van der Waals surface area contributed by atoms with Crippen molar-refractivity contribution in [3.63, 3.8) is 0 Å². The average molecular weight is 157 g/mol. The summed E-state index contributed by atoms with van der Waals surface area (Å²) in [7, 11) is 0. The zero-order valence-electron chi connectivity index (χ0n) is 5.66. The first-order valence-corrected chi connectivity index (χ1v) is 2.99. The summed E-state index contributed by atoms with van der Waals surface area (Å²) < 4.78 is 4.79. The molecule has 1 heterocycles. The van der Waals surface area contributed by atoms with Crippen LogP contribution >= 0.6 is 0 Å². The van der Waals surface area contributed by atoms with Gasteiger partial charge in [0.15, 0.2) is 6.29 Å². The Labute approximate surface area is 62.6 Å². The van der Waals surface area contributed by atoms with Gasteiger partial charge in [0, 0.05) is 5.57 Å². The summed E-state index contributed by atoms with van der Waals surface area (Å²) in [4.78, 5) is 20.6. The Kier molecular flexibility index (Phi) is 2.22. The molecule has 5 heteroatoms. The van der Waals surface area contributed by atoms with Crippen molar-refractivity contribution in [3.05, 3.63) is 11.3 Å². The monoisotopic (exact) mass is 157 g/mol. The second-order valence-electron chi connectivity index (χ2n) is 1.99. The third-order valence-electron chi connectivity index (χ3n) is 1.29. The topological polar surface area (TPSA) is 75.6 Å². The Hall–Kier alpha value is -1.36. The van der Waals surface area contributed by atoms with E-state index in [2.05, 4.69) is 5.32 Å². The molecule has 0 aliphatic carbocycles. The van der Waals surface area contributed by atoms with Crippen molar-refractivity contribution in [3.8, 4) is 0 Å². The number of rotatable bonds is 2. The maximum atomic E-state index is 10.4. The fourth-order valence-electron chi connectivity index (χ4n) is 0.776. The Balaban J connectivity index is 2.90. The van der Waals surface area contributed by atoms with Crippen LogP contribution in [0.15, 0.2) is 11.3 Å². The van der Waals surface area contributed by atoms with Crippen LogP contribution in [0.4, 0.5) is 0 Å². The lowest BCUT2D eigenvalue weighted by Crippen LogP contribution is -2.31. The van der Waals surface area contributed by atoms with E-state index in [9.17, 15) is 9.59 Å². The molecule has 60 valence electrons. The first-order chi connectivity index (χ1) is 5.25. The third kappa shape index (κ3) is 1.56. The zero-order valence-corrected chi connectivity index (χ0v) is 5.66. The lowest BCUT2D eigenvalue weighted by Gasteiger charge is -2.15. The number of aldehydes is 1. The Bertz CT molecular complexity index is 221. The number of carbonyl (C=O) groups excluding carboxylic acids is 1. The highest BCUT2D eigenvalue weighted by molar-refractivity contribution is 5.93. The second-order valence-corrected chi connectivity index (χ2v) is 1.99. The van der Waals surface area contributed by atoms with Gasteiger partial charge in [0.25, 0.3) is 0 Å². The van der Waals surface area contributed by atoms with Gasteiger partial charge >= 0.3 is 5.97 Å². The lowest BCUT2D eigenvalue weighted by molar-refractivity contribution is -0.134. The van der Waals surface area contributed by atoms with E-state index < -0.39 is 5.97 Å². The summed E-state index contributed by atoms with van der Waals surface area (Å²) in [6, 6.07) is 0.